The van der Waals surface area contributed by atoms with Crippen LogP contribution in [0.15, 0.2) is 18.2 Å². The number of rotatable bonds is 2. The molecular formula is C8H14N2Si. The van der Waals surface area contributed by atoms with Crippen molar-refractivity contribution in [1.29, 1.82) is 0 Å². The molecular weight excluding hydrogens is 152 g/mol. The van der Waals surface area contributed by atoms with Crippen LogP contribution >= 0.6 is 0 Å². The van der Waals surface area contributed by atoms with Gasteiger partial charge in [0.15, 0.2) is 0 Å². The van der Waals surface area contributed by atoms with Gasteiger partial charge in [0, 0.05) is 24.3 Å². The minimum absolute atomic E-state index is 1.09. The van der Waals surface area contributed by atoms with E-state index in [0.717, 1.165) is 10.2 Å². The van der Waals surface area contributed by atoms with Crippen molar-refractivity contribution < 1.29 is 0 Å². The van der Waals surface area contributed by atoms with Crippen molar-refractivity contribution in [3.05, 3.63) is 18.2 Å². The second-order valence-electron chi connectivity index (χ2n) is 2.50. The molecule has 1 rings (SSSR count). The van der Waals surface area contributed by atoms with Gasteiger partial charge in [0.2, 0.25) is 0 Å². The van der Waals surface area contributed by atoms with Crippen LogP contribution < -0.4 is 15.8 Å². The average Bonchev–Trinajstić information content (AvgIpc) is 2.04. The van der Waals surface area contributed by atoms with Gasteiger partial charge in [-0.1, -0.05) is 12.1 Å². The molecule has 0 amide bonds. The Morgan fingerprint density at radius 2 is 1.91 bits per heavy atom. The van der Waals surface area contributed by atoms with E-state index in [-0.39, 0.29) is 0 Å². The maximum absolute atomic E-state index is 3.19. The zero-order valence-electron chi connectivity index (χ0n) is 7.23. The molecule has 60 valence electrons. The smallest absolute Gasteiger partial charge is 0.0571 e. The highest BCUT2D eigenvalue weighted by Gasteiger charge is 1.99. The molecule has 11 heavy (non-hydrogen) atoms. The molecule has 0 fully saturated rings. The van der Waals surface area contributed by atoms with Gasteiger partial charge in [0.1, 0.15) is 0 Å². The van der Waals surface area contributed by atoms with Gasteiger partial charge in [0.25, 0.3) is 0 Å². The van der Waals surface area contributed by atoms with Crippen molar-refractivity contribution in [2.24, 2.45) is 0 Å². The zero-order valence-corrected chi connectivity index (χ0v) is 9.23. The molecule has 0 atom stereocenters. The molecule has 0 aromatic heterocycles. The monoisotopic (exact) mass is 166 g/mol. The third kappa shape index (κ3) is 1.54. The first-order valence-electron chi connectivity index (χ1n) is 3.74. The van der Waals surface area contributed by atoms with Crippen molar-refractivity contribution >= 4 is 26.8 Å². The standard InChI is InChI=1S/C8H14N2Si/c1-9-6-4-3-5-7(11)8(6)10-2/h3-5,9-10H,1-2,11H3. The van der Waals surface area contributed by atoms with Crippen LogP contribution in [0.3, 0.4) is 0 Å². The van der Waals surface area contributed by atoms with Gasteiger partial charge in [0.05, 0.1) is 11.4 Å². The number of hydrogen-bond acceptors (Lipinski definition) is 2. The molecule has 0 unspecified atom stereocenters. The molecule has 0 aliphatic carbocycles. The lowest BCUT2D eigenvalue weighted by Crippen LogP contribution is -2.11. The van der Waals surface area contributed by atoms with Crippen LogP contribution in [0.25, 0.3) is 0 Å². The minimum atomic E-state index is 1.09. The average molecular weight is 166 g/mol. The molecule has 0 aliphatic rings. The topological polar surface area (TPSA) is 24.1 Å². The third-order valence-electron chi connectivity index (χ3n) is 1.79. The highest BCUT2D eigenvalue weighted by molar-refractivity contribution is 6.36. The number of nitrogens with one attached hydrogen (secondary N) is 2. The summed E-state index contributed by atoms with van der Waals surface area (Å²) in [6, 6.07) is 6.31. The summed E-state index contributed by atoms with van der Waals surface area (Å²) in [5.41, 5.74) is 2.42. The lowest BCUT2D eigenvalue weighted by Gasteiger charge is -2.10. The highest BCUT2D eigenvalue weighted by atomic mass is 28.1. The van der Waals surface area contributed by atoms with Crippen LogP contribution in [-0.4, -0.2) is 24.3 Å². The molecule has 0 saturated carbocycles. The summed E-state index contributed by atoms with van der Waals surface area (Å²) in [5.74, 6) is 0. The van der Waals surface area contributed by atoms with E-state index in [0.29, 0.717) is 0 Å². The Labute approximate surface area is 70.4 Å². The number of hydrogen-bond donors (Lipinski definition) is 2. The van der Waals surface area contributed by atoms with Crippen LogP contribution in [0.2, 0.25) is 0 Å². The lowest BCUT2D eigenvalue weighted by atomic mass is 10.2. The Balaban J connectivity index is 3.13. The van der Waals surface area contributed by atoms with Crippen LogP contribution in [0.5, 0.6) is 0 Å². The van der Waals surface area contributed by atoms with Gasteiger partial charge in [-0.25, -0.2) is 0 Å². The van der Waals surface area contributed by atoms with Gasteiger partial charge in [-0.15, -0.1) is 0 Å². The Morgan fingerprint density at radius 1 is 1.18 bits per heavy atom. The molecule has 0 heterocycles. The maximum atomic E-state index is 3.19. The van der Waals surface area contributed by atoms with Gasteiger partial charge in [-0.3, -0.25) is 0 Å². The van der Waals surface area contributed by atoms with E-state index in [1.807, 2.05) is 14.1 Å². The normalized spacial score (nSPS) is 9.64. The first-order chi connectivity index (χ1) is 5.29. The van der Waals surface area contributed by atoms with Gasteiger partial charge in [-0.2, -0.15) is 0 Å². The highest BCUT2D eigenvalue weighted by Crippen LogP contribution is 2.16. The number of benzene rings is 1. The SMILES string of the molecule is CNc1cccc([SiH3])c1NC. The second-order valence-corrected chi connectivity index (χ2v) is 3.57. The van der Waals surface area contributed by atoms with E-state index in [1.54, 1.807) is 0 Å². The van der Waals surface area contributed by atoms with Crippen molar-refractivity contribution in [2.45, 2.75) is 0 Å². The summed E-state index contributed by atoms with van der Waals surface area (Å²) >= 11 is 0. The first kappa shape index (κ1) is 8.14. The predicted molar refractivity (Wildman–Crippen MR) is 55.1 cm³/mol. The summed E-state index contributed by atoms with van der Waals surface area (Å²) in [7, 11) is 4.98. The summed E-state index contributed by atoms with van der Waals surface area (Å²) in [6.07, 6.45) is 0. The Morgan fingerprint density at radius 3 is 2.36 bits per heavy atom. The van der Waals surface area contributed by atoms with Gasteiger partial charge in [-0.05, 0) is 11.3 Å². The van der Waals surface area contributed by atoms with E-state index in [9.17, 15) is 0 Å². The fourth-order valence-electron chi connectivity index (χ4n) is 1.21. The number of para-hydroxylation sites is 1. The molecule has 0 radical (unpaired) electrons. The van der Waals surface area contributed by atoms with E-state index in [4.69, 9.17) is 0 Å². The molecule has 0 saturated heterocycles. The Bertz CT molecular complexity index is 248. The summed E-state index contributed by atoms with van der Waals surface area (Å²) in [5, 5.41) is 7.74. The maximum Gasteiger partial charge on any atom is 0.0571 e. The van der Waals surface area contributed by atoms with Gasteiger partial charge < -0.3 is 10.6 Å². The molecule has 1 aromatic rings. The van der Waals surface area contributed by atoms with Gasteiger partial charge >= 0.3 is 0 Å². The first-order valence-corrected chi connectivity index (χ1v) is 4.74. The van der Waals surface area contributed by atoms with Crippen molar-refractivity contribution in [2.75, 3.05) is 24.7 Å². The lowest BCUT2D eigenvalue weighted by molar-refractivity contribution is 1.47. The van der Waals surface area contributed by atoms with E-state index >= 15 is 0 Å². The molecule has 2 nitrogen and oxygen atoms in total. The van der Waals surface area contributed by atoms with Crippen molar-refractivity contribution in [3.8, 4) is 0 Å². The third-order valence-corrected chi connectivity index (χ3v) is 2.63. The predicted octanol–water partition coefficient (Wildman–Crippen LogP) is -0.239. The molecule has 0 bridgehead atoms. The van der Waals surface area contributed by atoms with E-state index in [2.05, 4.69) is 28.8 Å². The molecule has 1 aromatic carbocycles. The Kier molecular flexibility index (Phi) is 2.54. The second kappa shape index (κ2) is 3.43. The minimum Gasteiger partial charge on any atom is -0.387 e. The Hall–Kier alpha value is -0.963. The molecule has 3 heteroatoms. The fourth-order valence-corrected chi connectivity index (χ4v) is 1.92. The quantitative estimate of drug-likeness (QED) is 0.593. The van der Waals surface area contributed by atoms with Crippen molar-refractivity contribution in [3.63, 3.8) is 0 Å². The molecule has 2 N–H and O–H groups in total. The fraction of sp³-hybridized carbons (Fsp3) is 0.250. The van der Waals surface area contributed by atoms with Crippen LogP contribution in [0.1, 0.15) is 0 Å². The van der Waals surface area contributed by atoms with Crippen molar-refractivity contribution in [1.82, 2.24) is 0 Å². The summed E-state index contributed by atoms with van der Waals surface area (Å²) < 4.78 is 0. The van der Waals surface area contributed by atoms with Crippen LogP contribution in [-0.2, 0) is 0 Å². The number of anilines is 2. The van der Waals surface area contributed by atoms with Crippen LogP contribution in [0.4, 0.5) is 11.4 Å². The van der Waals surface area contributed by atoms with E-state index in [1.165, 1.54) is 16.6 Å². The summed E-state index contributed by atoms with van der Waals surface area (Å²) in [4.78, 5) is 0. The van der Waals surface area contributed by atoms with Crippen LogP contribution in [0, 0.1) is 0 Å². The van der Waals surface area contributed by atoms with E-state index < -0.39 is 0 Å². The molecule has 0 aliphatic heterocycles. The summed E-state index contributed by atoms with van der Waals surface area (Å²) in [6.45, 7) is 0. The largest absolute Gasteiger partial charge is 0.387 e. The zero-order chi connectivity index (χ0) is 8.27. The molecule has 0 spiro atoms.